The van der Waals surface area contributed by atoms with E-state index < -0.39 is 5.54 Å². The van der Waals surface area contributed by atoms with Crippen LogP contribution < -0.4 is 16.4 Å². The standard InChI is InChI=1S/C8H13N3O2/c9-5-2-1-3-8(4-5)6(12)10-7(13)11-8/h5H,1-4,9H2,(H2,10,11,12,13)/t5-,8-/m1/s1. The van der Waals surface area contributed by atoms with Gasteiger partial charge in [-0.2, -0.15) is 0 Å². The first-order valence-corrected chi connectivity index (χ1v) is 4.52. The lowest BCUT2D eigenvalue weighted by molar-refractivity contribution is -0.125. The third-order valence-corrected chi connectivity index (χ3v) is 2.80. The van der Waals surface area contributed by atoms with Crippen LogP contribution in [0.3, 0.4) is 0 Å². The first kappa shape index (κ1) is 8.50. The summed E-state index contributed by atoms with van der Waals surface area (Å²) in [7, 11) is 0. The van der Waals surface area contributed by atoms with Gasteiger partial charge in [0.1, 0.15) is 5.54 Å². The normalized spacial score (nSPS) is 39.0. The van der Waals surface area contributed by atoms with Crippen LogP contribution in [0.25, 0.3) is 0 Å². The minimum Gasteiger partial charge on any atom is -0.328 e. The molecule has 0 unspecified atom stereocenters. The highest BCUT2D eigenvalue weighted by molar-refractivity contribution is 6.07. The fourth-order valence-electron chi connectivity index (χ4n) is 2.17. The summed E-state index contributed by atoms with van der Waals surface area (Å²) in [6.07, 6.45) is 3.10. The maximum absolute atomic E-state index is 11.5. The Morgan fingerprint density at radius 3 is 2.77 bits per heavy atom. The maximum atomic E-state index is 11.5. The van der Waals surface area contributed by atoms with E-state index in [0.717, 1.165) is 12.8 Å². The van der Waals surface area contributed by atoms with E-state index in [-0.39, 0.29) is 18.0 Å². The molecular weight excluding hydrogens is 170 g/mol. The molecule has 2 fully saturated rings. The highest BCUT2D eigenvalue weighted by Crippen LogP contribution is 2.29. The van der Waals surface area contributed by atoms with Crippen molar-refractivity contribution < 1.29 is 9.59 Å². The van der Waals surface area contributed by atoms with Gasteiger partial charge in [-0.05, 0) is 25.7 Å². The van der Waals surface area contributed by atoms with Gasteiger partial charge in [-0.25, -0.2) is 4.79 Å². The molecule has 1 heterocycles. The Morgan fingerprint density at radius 1 is 1.46 bits per heavy atom. The Hall–Kier alpha value is -1.10. The van der Waals surface area contributed by atoms with Gasteiger partial charge < -0.3 is 11.1 Å². The van der Waals surface area contributed by atoms with Crippen LogP contribution in [0, 0.1) is 0 Å². The molecule has 0 aromatic carbocycles. The van der Waals surface area contributed by atoms with Crippen LogP contribution in [0.1, 0.15) is 25.7 Å². The number of nitrogens with two attached hydrogens (primary N) is 1. The average Bonchev–Trinajstić information content (AvgIpc) is 2.26. The molecule has 1 saturated heterocycles. The zero-order valence-electron chi connectivity index (χ0n) is 7.30. The Labute approximate surface area is 76.0 Å². The molecule has 4 N–H and O–H groups in total. The van der Waals surface area contributed by atoms with Crippen LogP contribution in [0.4, 0.5) is 4.79 Å². The van der Waals surface area contributed by atoms with E-state index in [9.17, 15) is 9.59 Å². The third-order valence-electron chi connectivity index (χ3n) is 2.80. The number of amides is 3. The number of carbonyl (C=O) groups excluding carboxylic acids is 2. The van der Waals surface area contributed by atoms with Crippen molar-refractivity contribution in [3.8, 4) is 0 Å². The molecule has 5 heteroatoms. The molecule has 1 spiro atoms. The second kappa shape index (κ2) is 2.70. The molecule has 1 aliphatic heterocycles. The lowest BCUT2D eigenvalue weighted by atomic mass is 9.79. The predicted octanol–water partition coefficient (Wildman–Crippen LogP) is -0.534. The monoisotopic (exact) mass is 183 g/mol. The molecule has 72 valence electrons. The van der Waals surface area contributed by atoms with E-state index in [2.05, 4.69) is 10.6 Å². The van der Waals surface area contributed by atoms with Crippen LogP contribution in [0.5, 0.6) is 0 Å². The lowest BCUT2D eigenvalue weighted by Crippen LogP contribution is -2.53. The molecule has 0 bridgehead atoms. The van der Waals surface area contributed by atoms with Gasteiger partial charge in [0, 0.05) is 6.04 Å². The minimum atomic E-state index is -0.700. The molecule has 0 radical (unpaired) electrons. The number of carbonyl (C=O) groups is 2. The maximum Gasteiger partial charge on any atom is 0.322 e. The molecular formula is C8H13N3O2. The van der Waals surface area contributed by atoms with Gasteiger partial charge in [0.15, 0.2) is 0 Å². The van der Waals surface area contributed by atoms with E-state index >= 15 is 0 Å². The van der Waals surface area contributed by atoms with Gasteiger partial charge in [0.2, 0.25) is 0 Å². The number of nitrogens with one attached hydrogen (secondary N) is 2. The second-order valence-electron chi connectivity index (χ2n) is 3.85. The summed E-state index contributed by atoms with van der Waals surface area (Å²) in [5.41, 5.74) is 5.07. The van der Waals surface area contributed by atoms with Crippen molar-refractivity contribution in [1.82, 2.24) is 10.6 Å². The second-order valence-corrected chi connectivity index (χ2v) is 3.85. The van der Waals surface area contributed by atoms with Gasteiger partial charge in [-0.3, -0.25) is 10.1 Å². The number of hydrogen-bond donors (Lipinski definition) is 3. The fourth-order valence-corrected chi connectivity index (χ4v) is 2.17. The number of hydrogen-bond acceptors (Lipinski definition) is 3. The van der Waals surface area contributed by atoms with E-state index in [1.807, 2.05) is 0 Å². The molecule has 2 rings (SSSR count). The Morgan fingerprint density at radius 2 is 2.23 bits per heavy atom. The van der Waals surface area contributed by atoms with Crippen LogP contribution in [-0.2, 0) is 4.79 Å². The Kier molecular flexibility index (Phi) is 1.76. The molecule has 0 aromatic heterocycles. The van der Waals surface area contributed by atoms with E-state index in [1.165, 1.54) is 0 Å². The predicted molar refractivity (Wildman–Crippen MR) is 45.8 cm³/mol. The van der Waals surface area contributed by atoms with E-state index in [4.69, 9.17) is 5.73 Å². The molecule has 2 atom stereocenters. The molecule has 1 aliphatic carbocycles. The summed E-state index contributed by atoms with van der Waals surface area (Å²) >= 11 is 0. The first-order valence-electron chi connectivity index (χ1n) is 4.52. The molecule has 2 aliphatic rings. The summed E-state index contributed by atoms with van der Waals surface area (Å²) in [6, 6.07) is -0.364. The van der Waals surface area contributed by atoms with Crippen molar-refractivity contribution in [3.05, 3.63) is 0 Å². The van der Waals surface area contributed by atoms with Gasteiger partial charge in [-0.1, -0.05) is 0 Å². The van der Waals surface area contributed by atoms with Crippen molar-refractivity contribution in [2.45, 2.75) is 37.3 Å². The summed E-state index contributed by atoms with van der Waals surface area (Å²) in [6.45, 7) is 0. The largest absolute Gasteiger partial charge is 0.328 e. The van der Waals surface area contributed by atoms with Crippen molar-refractivity contribution in [2.24, 2.45) is 5.73 Å². The third kappa shape index (κ3) is 1.29. The van der Waals surface area contributed by atoms with E-state index in [0.29, 0.717) is 12.8 Å². The molecule has 0 aromatic rings. The molecule has 5 nitrogen and oxygen atoms in total. The van der Waals surface area contributed by atoms with Crippen LogP contribution in [0.15, 0.2) is 0 Å². The first-order chi connectivity index (χ1) is 6.12. The van der Waals surface area contributed by atoms with Gasteiger partial charge in [-0.15, -0.1) is 0 Å². The Bertz CT molecular complexity index is 266. The lowest BCUT2D eigenvalue weighted by Gasteiger charge is -2.33. The average molecular weight is 183 g/mol. The van der Waals surface area contributed by atoms with Crippen molar-refractivity contribution in [3.63, 3.8) is 0 Å². The number of urea groups is 1. The van der Waals surface area contributed by atoms with Crippen molar-refractivity contribution in [1.29, 1.82) is 0 Å². The van der Waals surface area contributed by atoms with Crippen LogP contribution in [-0.4, -0.2) is 23.5 Å². The van der Waals surface area contributed by atoms with Crippen LogP contribution >= 0.6 is 0 Å². The fraction of sp³-hybridized carbons (Fsp3) is 0.750. The topological polar surface area (TPSA) is 84.2 Å². The molecule has 3 amide bonds. The number of rotatable bonds is 0. The minimum absolute atomic E-state index is 0.0258. The highest BCUT2D eigenvalue weighted by atomic mass is 16.2. The van der Waals surface area contributed by atoms with Crippen LogP contribution in [0.2, 0.25) is 0 Å². The smallest absolute Gasteiger partial charge is 0.322 e. The van der Waals surface area contributed by atoms with Crippen molar-refractivity contribution in [2.75, 3.05) is 0 Å². The van der Waals surface area contributed by atoms with Gasteiger partial charge >= 0.3 is 6.03 Å². The molecule has 1 saturated carbocycles. The highest BCUT2D eigenvalue weighted by Gasteiger charge is 2.48. The summed E-state index contributed by atoms with van der Waals surface area (Å²) in [5.74, 6) is -0.215. The van der Waals surface area contributed by atoms with Gasteiger partial charge in [0.25, 0.3) is 5.91 Å². The SMILES string of the molecule is N[C@@H]1CCC[C@]2(C1)NC(=O)NC2=O. The zero-order valence-corrected chi connectivity index (χ0v) is 7.30. The summed E-state index contributed by atoms with van der Waals surface area (Å²) in [4.78, 5) is 22.4. The zero-order chi connectivity index (χ0) is 9.47. The molecule has 13 heavy (non-hydrogen) atoms. The van der Waals surface area contributed by atoms with Gasteiger partial charge in [0.05, 0.1) is 0 Å². The summed E-state index contributed by atoms with van der Waals surface area (Å²) in [5, 5.41) is 4.92. The Balaban J connectivity index is 2.19. The van der Waals surface area contributed by atoms with E-state index in [1.54, 1.807) is 0 Å². The quantitative estimate of drug-likeness (QED) is 0.441. The van der Waals surface area contributed by atoms with Crippen molar-refractivity contribution >= 4 is 11.9 Å². The number of imide groups is 1. The summed E-state index contributed by atoms with van der Waals surface area (Å²) < 4.78 is 0.